The van der Waals surface area contributed by atoms with Crippen molar-refractivity contribution in [2.24, 2.45) is 0 Å². The smallest absolute Gasteiger partial charge is 0.239 e. The quantitative estimate of drug-likeness (QED) is 0.845. The summed E-state index contributed by atoms with van der Waals surface area (Å²) in [4.78, 5) is 16.9. The van der Waals surface area contributed by atoms with Crippen LogP contribution in [0.4, 0.5) is 0 Å². The fourth-order valence-electron chi connectivity index (χ4n) is 3.17. The molecule has 2 aromatic carbocycles. The Morgan fingerprint density at radius 2 is 1.83 bits per heavy atom. The van der Waals surface area contributed by atoms with Crippen molar-refractivity contribution in [3.8, 4) is 0 Å². The molecule has 1 amide bonds. The number of benzene rings is 2. The zero-order valence-corrected chi connectivity index (χ0v) is 15.0. The molecule has 0 aliphatic carbocycles. The number of hydrogen-bond acceptors (Lipinski definition) is 2. The number of carbonyl (C=O) groups is 1. The Hall–Kier alpha value is -1.84. The maximum atomic E-state index is 12.9. The largest absolute Gasteiger partial charge is 0.337 e. The molecule has 1 unspecified atom stereocenters. The minimum Gasteiger partial charge on any atom is -0.337 e. The van der Waals surface area contributed by atoms with E-state index in [4.69, 9.17) is 11.6 Å². The van der Waals surface area contributed by atoms with Gasteiger partial charge in [0.15, 0.2) is 0 Å². The predicted octanol–water partition coefficient (Wildman–Crippen LogP) is 3.75. The van der Waals surface area contributed by atoms with Crippen molar-refractivity contribution in [2.45, 2.75) is 32.5 Å². The van der Waals surface area contributed by atoms with Gasteiger partial charge in [0.2, 0.25) is 5.91 Å². The Kier molecular flexibility index (Phi) is 5.22. The zero-order chi connectivity index (χ0) is 17.1. The lowest BCUT2D eigenvalue weighted by Crippen LogP contribution is -2.47. The highest BCUT2D eigenvalue weighted by Gasteiger charge is 2.27. The first kappa shape index (κ1) is 17.0. The summed E-state index contributed by atoms with van der Waals surface area (Å²) in [6, 6.07) is 16.0. The first-order valence-electron chi connectivity index (χ1n) is 8.35. The molecule has 3 nitrogen and oxygen atoms in total. The third-order valence-electron chi connectivity index (χ3n) is 4.84. The molecule has 0 saturated heterocycles. The van der Waals surface area contributed by atoms with E-state index in [1.165, 1.54) is 11.1 Å². The van der Waals surface area contributed by atoms with E-state index >= 15 is 0 Å². The molecule has 4 heteroatoms. The number of nitrogens with zero attached hydrogens (tertiary/aromatic N) is 2. The normalized spacial score (nSPS) is 15.2. The Morgan fingerprint density at radius 3 is 2.58 bits per heavy atom. The summed E-state index contributed by atoms with van der Waals surface area (Å²) in [7, 11) is 1.98. The molecule has 24 heavy (non-hydrogen) atoms. The number of fused-ring (bicyclic) bond motifs is 1. The van der Waals surface area contributed by atoms with Gasteiger partial charge in [-0.15, -0.1) is 0 Å². The van der Waals surface area contributed by atoms with Crippen LogP contribution in [0.25, 0.3) is 0 Å². The summed E-state index contributed by atoms with van der Waals surface area (Å²) in [5, 5.41) is 0.746. The first-order valence-corrected chi connectivity index (χ1v) is 8.73. The highest BCUT2D eigenvalue weighted by atomic mass is 35.5. The van der Waals surface area contributed by atoms with Gasteiger partial charge in [0.1, 0.15) is 0 Å². The SMILES string of the molecule is CC(C(=O)N1CCc2ccccc2C1)N(C)Cc1ccccc1Cl. The average molecular weight is 343 g/mol. The second-order valence-electron chi connectivity index (χ2n) is 6.46. The van der Waals surface area contributed by atoms with Crippen LogP contribution in [0.2, 0.25) is 5.02 Å². The standard InChI is InChI=1S/C20H23ClN2O/c1-15(22(2)13-18-9-5-6-10-19(18)21)20(24)23-12-11-16-7-3-4-8-17(16)14-23/h3-10,15H,11-14H2,1-2H3. The molecule has 0 aromatic heterocycles. The molecule has 0 bridgehead atoms. The Morgan fingerprint density at radius 1 is 1.17 bits per heavy atom. The van der Waals surface area contributed by atoms with E-state index < -0.39 is 0 Å². The van der Waals surface area contributed by atoms with Crippen molar-refractivity contribution in [1.82, 2.24) is 9.80 Å². The highest BCUT2D eigenvalue weighted by Crippen LogP contribution is 2.21. The monoisotopic (exact) mass is 342 g/mol. The summed E-state index contributed by atoms with van der Waals surface area (Å²) in [5.74, 6) is 0.180. The lowest BCUT2D eigenvalue weighted by Gasteiger charge is -2.34. The number of carbonyl (C=O) groups excluding carboxylic acids is 1. The first-order chi connectivity index (χ1) is 11.6. The molecule has 1 aliphatic heterocycles. The maximum Gasteiger partial charge on any atom is 0.239 e. The number of rotatable bonds is 4. The fourth-order valence-corrected chi connectivity index (χ4v) is 3.36. The molecule has 1 heterocycles. The van der Waals surface area contributed by atoms with Crippen LogP contribution >= 0.6 is 11.6 Å². The zero-order valence-electron chi connectivity index (χ0n) is 14.2. The van der Waals surface area contributed by atoms with E-state index in [-0.39, 0.29) is 11.9 Å². The Bertz CT molecular complexity index is 731. The summed E-state index contributed by atoms with van der Waals surface area (Å²) in [6.07, 6.45) is 0.933. The van der Waals surface area contributed by atoms with Crippen molar-refractivity contribution in [3.63, 3.8) is 0 Å². The van der Waals surface area contributed by atoms with Gasteiger partial charge in [0.25, 0.3) is 0 Å². The van der Waals surface area contributed by atoms with Crippen molar-refractivity contribution >= 4 is 17.5 Å². The third-order valence-corrected chi connectivity index (χ3v) is 5.21. The molecule has 2 aromatic rings. The average Bonchev–Trinajstić information content (AvgIpc) is 2.62. The second kappa shape index (κ2) is 7.37. The van der Waals surface area contributed by atoms with Crippen LogP contribution in [-0.4, -0.2) is 35.3 Å². The van der Waals surface area contributed by atoms with Gasteiger partial charge in [-0.25, -0.2) is 0 Å². The summed E-state index contributed by atoms with van der Waals surface area (Å²) >= 11 is 6.24. The molecule has 0 saturated carbocycles. The number of halogens is 1. The fraction of sp³-hybridized carbons (Fsp3) is 0.350. The second-order valence-corrected chi connectivity index (χ2v) is 6.87. The van der Waals surface area contributed by atoms with Gasteiger partial charge in [0, 0.05) is 24.7 Å². The summed E-state index contributed by atoms with van der Waals surface area (Å²) in [6.45, 7) is 4.14. The highest BCUT2D eigenvalue weighted by molar-refractivity contribution is 6.31. The third kappa shape index (κ3) is 3.63. The number of likely N-dealkylation sites (N-methyl/N-ethyl adjacent to an activating group) is 1. The summed E-state index contributed by atoms with van der Waals surface area (Å²) < 4.78 is 0. The lowest BCUT2D eigenvalue weighted by molar-refractivity contribution is -0.137. The maximum absolute atomic E-state index is 12.9. The predicted molar refractivity (Wildman–Crippen MR) is 97.9 cm³/mol. The molecule has 0 N–H and O–H groups in total. The van der Waals surface area contributed by atoms with E-state index in [0.717, 1.165) is 23.6 Å². The molecule has 1 atom stereocenters. The van der Waals surface area contributed by atoms with Crippen LogP contribution in [0.3, 0.4) is 0 Å². The van der Waals surface area contributed by atoms with Gasteiger partial charge in [-0.2, -0.15) is 0 Å². The minimum absolute atomic E-state index is 0.175. The van der Waals surface area contributed by atoms with E-state index in [0.29, 0.717) is 13.1 Å². The van der Waals surface area contributed by atoms with E-state index in [1.807, 2.05) is 49.2 Å². The topological polar surface area (TPSA) is 23.6 Å². The van der Waals surface area contributed by atoms with Crippen molar-refractivity contribution in [2.75, 3.05) is 13.6 Å². The molecule has 0 radical (unpaired) electrons. The molecule has 0 fully saturated rings. The van der Waals surface area contributed by atoms with Crippen LogP contribution in [0.1, 0.15) is 23.6 Å². The lowest BCUT2D eigenvalue weighted by atomic mass is 9.99. The van der Waals surface area contributed by atoms with E-state index in [1.54, 1.807) is 0 Å². The van der Waals surface area contributed by atoms with Gasteiger partial charge >= 0.3 is 0 Å². The van der Waals surface area contributed by atoms with Crippen molar-refractivity contribution in [3.05, 3.63) is 70.2 Å². The molecule has 0 spiro atoms. The van der Waals surface area contributed by atoms with Crippen LogP contribution < -0.4 is 0 Å². The van der Waals surface area contributed by atoms with E-state index in [9.17, 15) is 4.79 Å². The van der Waals surface area contributed by atoms with Crippen LogP contribution in [0, 0.1) is 0 Å². The van der Waals surface area contributed by atoms with Crippen molar-refractivity contribution in [1.29, 1.82) is 0 Å². The van der Waals surface area contributed by atoms with Crippen LogP contribution in [0.15, 0.2) is 48.5 Å². The Labute approximate surface area is 148 Å². The minimum atomic E-state index is -0.175. The van der Waals surface area contributed by atoms with Gasteiger partial charge in [-0.1, -0.05) is 54.1 Å². The summed E-state index contributed by atoms with van der Waals surface area (Å²) in [5.41, 5.74) is 3.67. The van der Waals surface area contributed by atoms with Gasteiger partial charge in [-0.3, -0.25) is 9.69 Å². The number of hydrogen-bond donors (Lipinski definition) is 0. The van der Waals surface area contributed by atoms with Gasteiger partial charge < -0.3 is 4.90 Å². The van der Waals surface area contributed by atoms with Gasteiger partial charge in [-0.05, 0) is 43.1 Å². The van der Waals surface area contributed by atoms with E-state index in [2.05, 4.69) is 23.1 Å². The van der Waals surface area contributed by atoms with Crippen LogP contribution in [-0.2, 0) is 24.3 Å². The molecule has 126 valence electrons. The van der Waals surface area contributed by atoms with Crippen molar-refractivity contribution < 1.29 is 4.79 Å². The molecule has 3 rings (SSSR count). The molecule has 1 aliphatic rings. The number of amides is 1. The molecular weight excluding hydrogens is 320 g/mol. The Balaban J connectivity index is 1.65. The van der Waals surface area contributed by atoms with Gasteiger partial charge in [0.05, 0.1) is 6.04 Å². The van der Waals surface area contributed by atoms with Crippen LogP contribution in [0.5, 0.6) is 0 Å². The molecular formula is C20H23ClN2O.